The van der Waals surface area contributed by atoms with E-state index >= 15 is 0 Å². The molecule has 0 aliphatic rings. The fraction of sp³-hybridized carbons (Fsp3) is 0.182. The van der Waals surface area contributed by atoms with Crippen molar-refractivity contribution in [2.45, 2.75) is 13.8 Å². The zero-order valence-electron chi connectivity index (χ0n) is 10.1. The lowest BCUT2D eigenvalue weighted by molar-refractivity contribution is 0.102. The van der Waals surface area contributed by atoms with Crippen LogP contribution in [0.4, 0.5) is 5.95 Å². The average Bonchev–Trinajstić information content (AvgIpc) is 2.36. The van der Waals surface area contributed by atoms with Crippen molar-refractivity contribution in [2.75, 3.05) is 5.32 Å². The van der Waals surface area contributed by atoms with Gasteiger partial charge in [-0.15, -0.1) is 5.10 Å². The van der Waals surface area contributed by atoms with Crippen molar-refractivity contribution in [3.63, 3.8) is 0 Å². The van der Waals surface area contributed by atoms with Gasteiger partial charge >= 0.3 is 0 Å². The van der Waals surface area contributed by atoms with Crippen LogP contribution in [0.1, 0.15) is 21.7 Å². The van der Waals surface area contributed by atoms with Crippen molar-refractivity contribution in [1.82, 2.24) is 20.2 Å². The molecular formula is C11H9Cl2N5O. The highest BCUT2D eigenvalue weighted by Gasteiger charge is 2.13. The molecule has 2 rings (SSSR count). The van der Waals surface area contributed by atoms with Gasteiger partial charge in [0.25, 0.3) is 5.91 Å². The lowest BCUT2D eigenvalue weighted by atomic mass is 10.2. The number of nitrogens with zero attached hydrogens (tertiary/aromatic N) is 4. The molecule has 0 aliphatic carbocycles. The molecule has 0 aromatic carbocycles. The maximum absolute atomic E-state index is 12.0. The van der Waals surface area contributed by atoms with Crippen LogP contribution in [0.3, 0.4) is 0 Å². The van der Waals surface area contributed by atoms with Crippen LogP contribution in [0.5, 0.6) is 0 Å². The van der Waals surface area contributed by atoms with E-state index in [-0.39, 0.29) is 21.7 Å². The lowest BCUT2D eigenvalue weighted by Gasteiger charge is -2.06. The Bertz CT molecular complexity index is 647. The van der Waals surface area contributed by atoms with Gasteiger partial charge in [-0.05, 0) is 19.9 Å². The second-order valence-corrected chi connectivity index (χ2v) is 4.54. The van der Waals surface area contributed by atoms with Crippen LogP contribution in [0.2, 0.25) is 10.2 Å². The maximum atomic E-state index is 12.0. The number of carbonyl (C=O) groups excluding carboxylic acids is 1. The number of anilines is 1. The summed E-state index contributed by atoms with van der Waals surface area (Å²) in [7, 11) is 0. The second-order valence-electron chi connectivity index (χ2n) is 3.75. The quantitative estimate of drug-likeness (QED) is 0.861. The first-order valence-corrected chi connectivity index (χ1v) is 6.03. The molecule has 0 unspecified atom stereocenters. The Balaban J connectivity index is 2.25. The van der Waals surface area contributed by atoms with Crippen LogP contribution in [0, 0.1) is 13.8 Å². The second kappa shape index (κ2) is 5.46. The largest absolute Gasteiger partial charge is 0.289 e. The number of carbonyl (C=O) groups is 1. The molecule has 0 fully saturated rings. The summed E-state index contributed by atoms with van der Waals surface area (Å²) in [4.78, 5) is 19.9. The molecule has 0 aliphatic heterocycles. The van der Waals surface area contributed by atoms with Crippen molar-refractivity contribution in [3.05, 3.63) is 39.4 Å². The lowest BCUT2D eigenvalue weighted by Crippen LogP contribution is -2.16. The molecule has 0 radical (unpaired) electrons. The van der Waals surface area contributed by atoms with Gasteiger partial charge in [-0.3, -0.25) is 10.1 Å². The number of amides is 1. The molecule has 2 heterocycles. The van der Waals surface area contributed by atoms with Gasteiger partial charge in [0.05, 0.1) is 22.0 Å². The standard InChI is InChI=1S/C11H9Cl2N5O/c1-5-6(2)17-18-11(15-5)16-10(19)7-3-9(13)14-4-8(7)12/h3-4H,1-2H3,(H,15,16,18,19). The molecule has 19 heavy (non-hydrogen) atoms. The molecule has 98 valence electrons. The average molecular weight is 298 g/mol. The summed E-state index contributed by atoms with van der Waals surface area (Å²) >= 11 is 11.6. The highest BCUT2D eigenvalue weighted by atomic mass is 35.5. The highest BCUT2D eigenvalue weighted by Crippen LogP contribution is 2.18. The van der Waals surface area contributed by atoms with Crippen LogP contribution in [-0.2, 0) is 0 Å². The zero-order valence-corrected chi connectivity index (χ0v) is 11.6. The first-order chi connectivity index (χ1) is 8.97. The fourth-order valence-corrected chi connectivity index (χ4v) is 1.61. The minimum atomic E-state index is -0.473. The summed E-state index contributed by atoms with van der Waals surface area (Å²) in [6.07, 6.45) is 1.30. The number of pyridine rings is 1. The van der Waals surface area contributed by atoms with Gasteiger partial charge < -0.3 is 0 Å². The van der Waals surface area contributed by atoms with Crippen molar-refractivity contribution in [1.29, 1.82) is 0 Å². The molecule has 0 saturated heterocycles. The Kier molecular flexibility index (Phi) is 3.92. The topological polar surface area (TPSA) is 80.7 Å². The Hall–Kier alpha value is -1.79. The summed E-state index contributed by atoms with van der Waals surface area (Å²) in [5, 5.41) is 10.5. The first-order valence-electron chi connectivity index (χ1n) is 5.27. The molecular weight excluding hydrogens is 289 g/mol. The summed E-state index contributed by atoms with van der Waals surface area (Å²) in [5.74, 6) is -0.364. The van der Waals surface area contributed by atoms with E-state index in [1.807, 2.05) is 0 Å². The molecule has 6 nitrogen and oxygen atoms in total. The molecule has 2 aromatic heterocycles. The summed E-state index contributed by atoms with van der Waals surface area (Å²) in [6, 6.07) is 1.37. The van der Waals surface area contributed by atoms with Crippen LogP contribution in [0.15, 0.2) is 12.3 Å². The van der Waals surface area contributed by atoms with Crippen LogP contribution in [0.25, 0.3) is 0 Å². The molecule has 0 bridgehead atoms. The third kappa shape index (κ3) is 3.15. The van der Waals surface area contributed by atoms with Crippen molar-refractivity contribution in [3.8, 4) is 0 Å². The molecule has 2 aromatic rings. The predicted octanol–water partition coefficient (Wildman–Crippen LogP) is 2.44. The van der Waals surface area contributed by atoms with E-state index < -0.39 is 5.91 Å². The third-order valence-electron chi connectivity index (χ3n) is 2.38. The highest BCUT2D eigenvalue weighted by molar-refractivity contribution is 6.35. The SMILES string of the molecule is Cc1nnc(NC(=O)c2cc(Cl)ncc2Cl)nc1C. The van der Waals surface area contributed by atoms with Gasteiger partial charge in [0, 0.05) is 6.20 Å². The van der Waals surface area contributed by atoms with Gasteiger partial charge in [-0.1, -0.05) is 23.2 Å². The van der Waals surface area contributed by atoms with Crippen molar-refractivity contribution < 1.29 is 4.79 Å². The number of hydrogen-bond donors (Lipinski definition) is 1. The van der Waals surface area contributed by atoms with E-state index in [1.54, 1.807) is 13.8 Å². The molecule has 0 atom stereocenters. The van der Waals surface area contributed by atoms with E-state index in [1.165, 1.54) is 12.3 Å². The van der Waals surface area contributed by atoms with E-state index in [9.17, 15) is 4.79 Å². The number of aromatic nitrogens is 4. The smallest absolute Gasteiger partial charge is 0.259 e. The Labute approximate surface area is 119 Å². The minimum absolute atomic E-state index is 0.108. The predicted molar refractivity (Wildman–Crippen MR) is 71.5 cm³/mol. The normalized spacial score (nSPS) is 10.3. The van der Waals surface area contributed by atoms with Gasteiger partial charge in [-0.25, -0.2) is 9.97 Å². The third-order valence-corrected chi connectivity index (χ3v) is 2.89. The summed E-state index contributed by atoms with van der Waals surface area (Å²) in [6.45, 7) is 3.55. The first kappa shape index (κ1) is 13.6. The van der Waals surface area contributed by atoms with Crippen molar-refractivity contribution >= 4 is 35.1 Å². The van der Waals surface area contributed by atoms with Crippen molar-refractivity contribution in [2.24, 2.45) is 0 Å². The fourth-order valence-electron chi connectivity index (χ4n) is 1.27. The van der Waals surface area contributed by atoms with E-state index in [2.05, 4.69) is 25.5 Å². The van der Waals surface area contributed by atoms with E-state index in [0.717, 1.165) is 0 Å². The zero-order chi connectivity index (χ0) is 14.0. The van der Waals surface area contributed by atoms with Crippen LogP contribution >= 0.6 is 23.2 Å². The Morgan fingerprint density at radius 2 is 1.95 bits per heavy atom. The van der Waals surface area contributed by atoms with Crippen LogP contribution in [-0.4, -0.2) is 26.1 Å². The van der Waals surface area contributed by atoms with E-state index in [0.29, 0.717) is 11.4 Å². The van der Waals surface area contributed by atoms with Gasteiger partial charge in [0.1, 0.15) is 5.15 Å². The monoisotopic (exact) mass is 297 g/mol. The van der Waals surface area contributed by atoms with Gasteiger partial charge in [0.2, 0.25) is 5.95 Å². The summed E-state index contributed by atoms with van der Waals surface area (Å²) in [5.41, 5.74) is 1.58. The maximum Gasteiger partial charge on any atom is 0.259 e. The Morgan fingerprint density at radius 1 is 1.21 bits per heavy atom. The number of hydrogen-bond acceptors (Lipinski definition) is 5. The van der Waals surface area contributed by atoms with Gasteiger partial charge in [0.15, 0.2) is 0 Å². The summed E-state index contributed by atoms with van der Waals surface area (Å²) < 4.78 is 0. The molecule has 1 N–H and O–H groups in total. The van der Waals surface area contributed by atoms with E-state index in [4.69, 9.17) is 23.2 Å². The van der Waals surface area contributed by atoms with Gasteiger partial charge in [-0.2, -0.15) is 5.10 Å². The molecule has 0 saturated carbocycles. The number of halogens is 2. The number of nitrogens with one attached hydrogen (secondary N) is 1. The molecule has 8 heteroatoms. The number of rotatable bonds is 2. The molecule has 1 amide bonds. The molecule has 0 spiro atoms. The minimum Gasteiger partial charge on any atom is -0.289 e. The Morgan fingerprint density at radius 3 is 2.63 bits per heavy atom. The van der Waals surface area contributed by atoms with Crippen LogP contribution < -0.4 is 5.32 Å². The number of aryl methyl sites for hydroxylation is 2.